The molecule has 170 valence electrons. The van der Waals surface area contributed by atoms with Crippen LogP contribution in [0.4, 0.5) is 0 Å². The molecular weight excluding hydrogens is 484 g/mol. The molecule has 33 heavy (non-hydrogen) atoms. The second-order valence-corrected chi connectivity index (χ2v) is 8.68. The van der Waals surface area contributed by atoms with Gasteiger partial charge in [0.05, 0.1) is 24.4 Å². The molecule has 4 rings (SSSR count). The Balaban J connectivity index is 1.79. The Bertz CT molecular complexity index is 1260. The third-order valence-corrected chi connectivity index (χ3v) is 5.92. The molecule has 0 atom stereocenters. The van der Waals surface area contributed by atoms with Crippen LogP contribution in [0.1, 0.15) is 42.3 Å². The molecule has 0 aliphatic heterocycles. The molecule has 0 aromatic carbocycles. The summed E-state index contributed by atoms with van der Waals surface area (Å²) < 4.78 is 8.90. The lowest BCUT2D eigenvalue weighted by Gasteiger charge is -2.18. The summed E-state index contributed by atoms with van der Waals surface area (Å²) in [5.41, 5.74) is 6.90. The van der Waals surface area contributed by atoms with E-state index in [9.17, 15) is 9.90 Å². The fraction of sp³-hybridized carbons (Fsp3) is 0.280. The zero-order chi connectivity index (χ0) is 23.2. The van der Waals surface area contributed by atoms with Crippen molar-refractivity contribution in [2.24, 2.45) is 0 Å². The van der Waals surface area contributed by atoms with Crippen molar-refractivity contribution in [2.75, 3.05) is 0 Å². The summed E-state index contributed by atoms with van der Waals surface area (Å²) >= 11 is 3.53. The Morgan fingerprint density at radius 2 is 1.94 bits per heavy atom. The van der Waals surface area contributed by atoms with Gasteiger partial charge in [0.15, 0.2) is 0 Å². The van der Waals surface area contributed by atoms with Crippen molar-refractivity contribution in [3.63, 3.8) is 0 Å². The van der Waals surface area contributed by atoms with E-state index in [2.05, 4.69) is 45.0 Å². The fourth-order valence-corrected chi connectivity index (χ4v) is 4.31. The normalized spacial score (nSPS) is 11.2. The van der Waals surface area contributed by atoms with Crippen LogP contribution in [0.3, 0.4) is 0 Å². The van der Waals surface area contributed by atoms with Gasteiger partial charge in [-0.2, -0.15) is 5.10 Å². The number of hydrogen-bond acceptors (Lipinski definition) is 5. The van der Waals surface area contributed by atoms with Gasteiger partial charge >= 0.3 is 5.97 Å². The summed E-state index contributed by atoms with van der Waals surface area (Å²) in [7, 11) is 0. The van der Waals surface area contributed by atoms with Gasteiger partial charge in [0.1, 0.15) is 0 Å². The average molecular weight is 509 g/mol. The van der Waals surface area contributed by atoms with Crippen LogP contribution in [0, 0.1) is 0 Å². The van der Waals surface area contributed by atoms with Gasteiger partial charge in [-0.05, 0) is 76.7 Å². The van der Waals surface area contributed by atoms with Crippen LogP contribution in [0.25, 0.3) is 16.6 Å². The molecule has 8 heteroatoms. The number of aliphatic carboxylic acids is 1. The van der Waals surface area contributed by atoms with Gasteiger partial charge < -0.3 is 9.84 Å². The fourth-order valence-electron chi connectivity index (χ4n) is 3.94. The number of halogens is 1. The number of carboxylic acids is 1. The molecule has 0 fully saturated rings. The molecule has 0 saturated carbocycles. The Labute approximate surface area is 200 Å². The van der Waals surface area contributed by atoms with Crippen LogP contribution in [-0.2, 0) is 35.6 Å². The highest BCUT2D eigenvalue weighted by Gasteiger charge is 2.19. The molecule has 0 amide bonds. The lowest BCUT2D eigenvalue weighted by molar-refractivity contribution is -0.137. The van der Waals surface area contributed by atoms with Crippen LogP contribution >= 0.6 is 15.9 Å². The van der Waals surface area contributed by atoms with Gasteiger partial charge in [-0.25, -0.2) is 4.52 Å². The van der Waals surface area contributed by atoms with Crippen molar-refractivity contribution < 1.29 is 14.6 Å². The first-order valence-corrected chi connectivity index (χ1v) is 11.7. The van der Waals surface area contributed by atoms with Crippen LogP contribution in [-0.4, -0.2) is 30.7 Å². The first-order chi connectivity index (χ1) is 16.1. The van der Waals surface area contributed by atoms with Crippen molar-refractivity contribution in [2.45, 2.75) is 45.8 Å². The first-order valence-electron chi connectivity index (χ1n) is 10.9. The number of hydrogen-bond donors (Lipinski definition) is 1. The second-order valence-electron chi connectivity index (χ2n) is 7.76. The van der Waals surface area contributed by atoms with E-state index < -0.39 is 5.97 Å². The Morgan fingerprint density at radius 3 is 2.67 bits per heavy atom. The van der Waals surface area contributed by atoms with Gasteiger partial charge in [0.2, 0.25) is 0 Å². The van der Waals surface area contributed by atoms with Gasteiger partial charge in [-0.3, -0.25) is 14.8 Å². The third kappa shape index (κ3) is 5.46. The zero-order valence-electron chi connectivity index (χ0n) is 18.4. The highest BCUT2D eigenvalue weighted by atomic mass is 79.9. The highest BCUT2D eigenvalue weighted by molar-refractivity contribution is 9.10. The van der Waals surface area contributed by atoms with Crippen molar-refractivity contribution >= 4 is 27.4 Å². The predicted octanol–water partition coefficient (Wildman–Crippen LogP) is 5.24. The second kappa shape index (κ2) is 10.7. The van der Waals surface area contributed by atoms with E-state index >= 15 is 0 Å². The van der Waals surface area contributed by atoms with Crippen molar-refractivity contribution in [3.8, 4) is 11.1 Å². The lowest BCUT2D eigenvalue weighted by Crippen LogP contribution is -2.11. The Kier molecular flexibility index (Phi) is 7.47. The molecule has 0 saturated heterocycles. The number of carboxylic acid groups (broad SMARTS) is 1. The zero-order valence-corrected chi connectivity index (χ0v) is 20.0. The van der Waals surface area contributed by atoms with Gasteiger partial charge in [0.25, 0.3) is 0 Å². The SMILES string of the molecule is CCc1ccc2c(-c3cncc(Br)c3)c(CCCC(=O)O)c(COCc3ccncc3)nn12. The maximum atomic E-state index is 11.2. The average Bonchev–Trinajstić information content (AvgIpc) is 3.22. The van der Waals surface area contributed by atoms with Gasteiger partial charge in [-0.1, -0.05) is 6.92 Å². The van der Waals surface area contributed by atoms with E-state index in [1.54, 1.807) is 18.6 Å². The van der Waals surface area contributed by atoms with E-state index in [4.69, 9.17) is 9.84 Å². The molecule has 0 aliphatic rings. The predicted molar refractivity (Wildman–Crippen MR) is 129 cm³/mol. The topological polar surface area (TPSA) is 89.6 Å². The molecular formula is C25H25BrN4O3. The summed E-state index contributed by atoms with van der Waals surface area (Å²) in [6.07, 6.45) is 9.10. The molecule has 4 aromatic heterocycles. The number of rotatable bonds is 10. The minimum atomic E-state index is -0.804. The molecule has 7 nitrogen and oxygen atoms in total. The van der Waals surface area contributed by atoms with Crippen LogP contribution in [0.2, 0.25) is 0 Å². The summed E-state index contributed by atoms with van der Waals surface area (Å²) in [5, 5.41) is 14.1. The number of pyridine rings is 2. The third-order valence-electron chi connectivity index (χ3n) is 5.49. The van der Waals surface area contributed by atoms with E-state index in [1.165, 1.54) is 0 Å². The van der Waals surface area contributed by atoms with Crippen LogP contribution in [0.5, 0.6) is 0 Å². The number of aryl methyl sites for hydroxylation is 1. The minimum absolute atomic E-state index is 0.0971. The maximum absolute atomic E-state index is 11.2. The maximum Gasteiger partial charge on any atom is 0.303 e. The van der Waals surface area contributed by atoms with Crippen molar-refractivity contribution in [1.82, 2.24) is 19.6 Å². The largest absolute Gasteiger partial charge is 0.481 e. The molecule has 4 aromatic rings. The summed E-state index contributed by atoms with van der Waals surface area (Å²) in [5.74, 6) is -0.804. The summed E-state index contributed by atoms with van der Waals surface area (Å²) in [6.45, 7) is 2.86. The molecule has 0 aliphatic carbocycles. The van der Waals surface area contributed by atoms with E-state index in [1.807, 2.05) is 28.9 Å². The standard InChI is InChI=1S/C25H25BrN4O3/c1-2-20-6-7-23-25(18-12-19(26)14-28-13-18)21(4-3-5-24(31)32)22(29-30(20)23)16-33-15-17-8-10-27-11-9-17/h6-14H,2-5,15-16H2,1H3,(H,31,32). The monoisotopic (exact) mass is 508 g/mol. The van der Waals surface area contributed by atoms with Crippen LogP contribution in [0.15, 0.2) is 59.6 Å². The molecule has 0 bridgehead atoms. The summed E-state index contributed by atoms with van der Waals surface area (Å²) in [6, 6.07) is 10.0. The Morgan fingerprint density at radius 1 is 1.12 bits per heavy atom. The number of ether oxygens (including phenoxy) is 1. The minimum Gasteiger partial charge on any atom is -0.481 e. The van der Waals surface area contributed by atoms with Crippen molar-refractivity contribution in [3.05, 3.63) is 82.1 Å². The Hall–Kier alpha value is -3.10. The highest BCUT2D eigenvalue weighted by Crippen LogP contribution is 2.34. The molecule has 0 spiro atoms. The number of carbonyl (C=O) groups is 1. The van der Waals surface area contributed by atoms with Gasteiger partial charge in [0, 0.05) is 52.5 Å². The van der Waals surface area contributed by atoms with Crippen molar-refractivity contribution in [1.29, 1.82) is 0 Å². The number of nitrogens with zero attached hydrogens (tertiary/aromatic N) is 4. The van der Waals surface area contributed by atoms with E-state index in [0.29, 0.717) is 26.1 Å². The van der Waals surface area contributed by atoms with E-state index in [0.717, 1.165) is 50.1 Å². The van der Waals surface area contributed by atoms with Crippen LogP contribution < -0.4 is 0 Å². The summed E-state index contributed by atoms with van der Waals surface area (Å²) in [4.78, 5) is 19.6. The molecule has 0 radical (unpaired) electrons. The smallest absolute Gasteiger partial charge is 0.303 e. The number of aromatic nitrogens is 4. The lowest BCUT2D eigenvalue weighted by atomic mass is 9.95. The molecule has 4 heterocycles. The first kappa shape index (κ1) is 23.1. The number of fused-ring (bicyclic) bond motifs is 1. The molecule has 0 unspecified atom stereocenters. The quantitative estimate of drug-likeness (QED) is 0.315. The molecule has 1 N–H and O–H groups in total. The van der Waals surface area contributed by atoms with Gasteiger partial charge in [-0.15, -0.1) is 0 Å². The van der Waals surface area contributed by atoms with E-state index in [-0.39, 0.29) is 6.42 Å².